The van der Waals surface area contributed by atoms with E-state index >= 15 is 0 Å². The number of fused-ring (bicyclic) bond motifs is 1. The topological polar surface area (TPSA) is 66.8 Å². The average molecular weight is 465 g/mol. The highest BCUT2D eigenvalue weighted by atomic mass is 16.5. The number of aliphatic hydroxyl groups is 2. The van der Waals surface area contributed by atoms with Gasteiger partial charge in [0.05, 0.1) is 22.9 Å². The molecule has 2 rings (SSSR count). The predicted molar refractivity (Wildman–Crippen MR) is 136 cm³/mol. The van der Waals surface area contributed by atoms with Crippen molar-refractivity contribution in [1.29, 1.82) is 0 Å². The lowest BCUT2D eigenvalue weighted by molar-refractivity contribution is -0.165. The molecule has 1 aliphatic heterocycles. The van der Waals surface area contributed by atoms with Crippen LogP contribution in [-0.4, -0.2) is 38.9 Å². The Morgan fingerprint density at radius 1 is 1.06 bits per heavy atom. The monoisotopic (exact) mass is 464 g/mol. The molecule has 1 heterocycles. The number of rotatable bonds is 13. The third kappa shape index (κ3) is 9.11. The maximum atomic E-state index is 11.4. The summed E-state index contributed by atoms with van der Waals surface area (Å²) in [6, 6.07) is 0. The van der Waals surface area contributed by atoms with Gasteiger partial charge in [-0.2, -0.15) is 0 Å². The van der Waals surface area contributed by atoms with Crippen LogP contribution in [0.5, 0.6) is 0 Å². The van der Waals surface area contributed by atoms with Gasteiger partial charge in [-0.3, -0.25) is 4.79 Å². The summed E-state index contributed by atoms with van der Waals surface area (Å²) in [6.45, 7) is 14.3. The van der Waals surface area contributed by atoms with E-state index in [9.17, 15) is 15.0 Å². The maximum Gasteiger partial charge on any atom is 0.132 e. The lowest BCUT2D eigenvalue weighted by atomic mass is 9.72. The van der Waals surface area contributed by atoms with E-state index in [1.807, 2.05) is 20.8 Å². The second-order valence-electron chi connectivity index (χ2n) is 12.4. The van der Waals surface area contributed by atoms with Crippen LogP contribution >= 0.6 is 0 Å². The SMILES string of the molecule is CC(=O)C(C)CCCC(C)(O)CCCC(C)(O)CCCC1(C)CCC2C=CC(C)C(C)C2O1. The summed E-state index contributed by atoms with van der Waals surface area (Å²) in [5.41, 5.74) is -1.52. The molecule has 1 aliphatic carbocycles. The van der Waals surface area contributed by atoms with Crippen molar-refractivity contribution in [3.8, 4) is 0 Å². The van der Waals surface area contributed by atoms with Crippen LogP contribution in [-0.2, 0) is 9.53 Å². The molecule has 4 heteroatoms. The Balaban J connectivity index is 1.70. The number of ketones is 1. The smallest absolute Gasteiger partial charge is 0.132 e. The Morgan fingerprint density at radius 2 is 1.64 bits per heavy atom. The van der Waals surface area contributed by atoms with Crippen LogP contribution in [0.3, 0.4) is 0 Å². The third-order valence-corrected chi connectivity index (χ3v) is 8.76. The normalized spacial score (nSPS) is 34.2. The number of hydrogen-bond acceptors (Lipinski definition) is 4. The molecule has 192 valence electrons. The molecule has 0 aromatic rings. The highest BCUT2D eigenvalue weighted by Crippen LogP contribution is 2.43. The summed E-state index contributed by atoms with van der Waals surface area (Å²) in [5, 5.41) is 21.6. The minimum Gasteiger partial charge on any atom is -0.390 e. The van der Waals surface area contributed by atoms with E-state index in [0.717, 1.165) is 44.9 Å². The van der Waals surface area contributed by atoms with Crippen LogP contribution in [0.4, 0.5) is 0 Å². The van der Waals surface area contributed by atoms with Crippen LogP contribution in [0.1, 0.15) is 119 Å². The van der Waals surface area contributed by atoms with Gasteiger partial charge < -0.3 is 14.9 Å². The van der Waals surface area contributed by atoms with E-state index in [1.165, 1.54) is 6.42 Å². The van der Waals surface area contributed by atoms with Gasteiger partial charge in [0.15, 0.2) is 0 Å². The largest absolute Gasteiger partial charge is 0.390 e. The van der Waals surface area contributed by atoms with E-state index in [4.69, 9.17) is 4.74 Å². The second kappa shape index (κ2) is 11.8. The zero-order valence-corrected chi connectivity index (χ0v) is 22.5. The van der Waals surface area contributed by atoms with E-state index in [2.05, 4.69) is 32.9 Å². The molecular weight excluding hydrogens is 412 g/mol. The van der Waals surface area contributed by atoms with Gasteiger partial charge in [0.1, 0.15) is 5.78 Å². The Kier molecular flexibility index (Phi) is 10.2. The van der Waals surface area contributed by atoms with Gasteiger partial charge in [0.25, 0.3) is 0 Å². The zero-order valence-electron chi connectivity index (χ0n) is 22.5. The first-order valence-corrected chi connectivity index (χ1v) is 13.5. The van der Waals surface area contributed by atoms with Crippen molar-refractivity contribution < 1.29 is 19.7 Å². The van der Waals surface area contributed by atoms with Gasteiger partial charge in [-0.25, -0.2) is 0 Å². The molecule has 2 aliphatic rings. The van der Waals surface area contributed by atoms with Gasteiger partial charge in [0.2, 0.25) is 0 Å². The molecule has 0 saturated carbocycles. The molecule has 0 amide bonds. The van der Waals surface area contributed by atoms with Crippen molar-refractivity contribution in [2.75, 3.05) is 0 Å². The van der Waals surface area contributed by atoms with Crippen molar-refractivity contribution in [2.45, 2.75) is 142 Å². The molecule has 1 fully saturated rings. The number of carbonyl (C=O) groups excluding carboxylic acids is 1. The molecule has 8 atom stereocenters. The lowest BCUT2D eigenvalue weighted by Crippen LogP contribution is -2.48. The summed E-state index contributed by atoms with van der Waals surface area (Å²) in [4.78, 5) is 11.4. The number of Topliss-reactive ketones (excluding diaryl/α,β-unsaturated/α-hetero) is 1. The summed E-state index contributed by atoms with van der Waals surface area (Å²) < 4.78 is 6.68. The molecule has 33 heavy (non-hydrogen) atoms. The van der Waals surface area contributed by atoms with Crippen molar-refractivity contribution in [1.82, 2.24) is 0 Å². The van der Waals surface area contributed by atoms with Crippen LogP contribution in [0, 0.1) is 23.7 Å². The maximum absolute atomic E-state index is 11.4. The highest BCUT2D eigenvalue weighted by Gasteiger charge is 2.42. The van der Waals surface area contributed by atoms with E-state index < -0.39 is 11.2 Å². The van der Waals surface area contributed by atoms with Crippen LogP contribution in [0.2, 0.25) is 0 Å². The Labute approximate surface area is 203 Å². The summed E-state index contributed by atoms with van der Waals surface area (Å²) >= 11 is 0. The van der Waals surface area contributed by atoms with E-state index in [0.29, 0.717) is 43.1 Å². The molecular formula is C29H52O4. The van der Waals surface area contributed by atoms with Crippen LogP contribution < -0.4 is 0 Å². The summed E-state index contributed by atoms with van der Waals surface area (Å²) in [7, 11) is 0. The number of allylic oxidation sites excluding steroid dienone is 1. The van der Waals surface area contributed by atoms with E-state index in [1.54, 1.807) is 6.92 Å². The Bertz CT molecular complexity index is 652. The molecule has 2 N–H and O–H groups in total. The highest BCUT2D eigenvalue weighted by molar-refractivity contribution is 5.77. The second-order valence-corrected chi connectivity index (χ2v) is 12.4. The van der Waals surface area contributed by atoms with E-state index in [-0.39, 0.29) is 17.3 Å². The first kappa shape index (κ1) is 28.5. The molecule has 0 spiro atoms. The van der Waals surface area contributed by atoms with Gasteiger partial charge in [-0.15, -0.1) is 0 Å². The van der Waals surface area contributed by atoms with Crippen molar-refractivity contribution in [3.05, 3.63) is 12.2 Å². The standard InChI is InChI=1S/C29H52O4/c1-21-12-13-25-14-20-29(7,33-26(25)23(21)3)19-10-18-28(6,32)17-9-16-27(5,31)15-8-11-22(2)24(4)30/h12-13,21-23,25-26,31-32H,8-11,14-20H2,1-7H3. The molecule has 0 bridgehead atoms. The molecule has 8 unspecified atom stereocenters. The molecule has 0 aromatic carbocycles. The lowest BCUT2D eigenvalue weighted by Gasteiger charge is -2.47. The van der Waals surface area contributed by atoms with Gasteiger partial charge in [-0.1, -0.05) is 32.9 Å². The number of carbonyl (C=O) groups is 1. The minimum atomic E-state index is -0.727. The van der Waals surface area contributed by atoms with Crippen molar-refractivity contribution in [3.63, 3.8) is 0 Å². The first-order chi connectivity index (χ1) is 15.2. The first-order valence-electron chi connectivity index (χ1n) is 13.5. The van der Waals surface area contributed by atoms with Crippen LogP contribution in [0.25, 0.3) is 0 Å². The minimum absolute atomic E-state index is 0.0728. The molecule has 0 radical (unpaired) electrons. The predicted octanol–water partition coefficient (Wildman–Crippen LogP) is 6.62. The fourth-order valence-electron chi connectivity index (χ4n) is 5.73. The van der Waals surface area contributed by atoms with Gasteiger partial charge in [-0.05, 0) is 110 Å². The summed E-state index contributed by atoms with van der Waals surface area (Å²) in [6.07, 6.45) is 14.7. The third-order valence-electron chi connectivity index (χ3n) is 8.76. The Hall–Kier alpha value is -0.710. The number of ether oxygens (including phenoxy) is 1. The summed E-state index contributed by atoms with van der Waals surface area (Å²) in [5.74, 6) is 1.98. The number of hydrogen-bond donors (Lipinski definition) is 2. The van der Waals surface area contributed by atoms with Crippen LogP contribution in [0.15, 0.2) is 12.2 Å². The fourth-order valence-corrected chi connectivity index (χ4v) is 5.73. The fraction of sp³-hybridized carbons (Fsp3) is 0.897. The average Bonchev–Trinajstić information content (AvgIpc) is 2.70. The Morgan fingerprint density at radius 3 is 2.24 bits per heavy atom. The molecule has 0 aromatic heterocycles. The van der Waals surface area contributed by atoms with Crippen molar-refractivity contribution in [2.24, 2.45) is 23.7 Å². The molecule has 4 nitrogen and oxygen atoms in total. The molecule has 1 saturated heterocycles. The quantitative estimate of drug-likeness (QED) is 0.301. The van der Waals surface area contributed by atoms with Gasteiger partial charge in [0, 0.05) is 11.8 Å². The van der Waals surface area contributed by atoms with Crippen molar-refractivity contribution >= 4 is 5.78 Å². The van der Waals surface area contributed by atoms with Gasteiger partial charge >= 0.3 is 0 Å². The zero-order chi connectivity index (χ0) is 24.9.